The van der Waals surface area contributed by atoms with E-state index < -0.39 is 47.2 Å². The van der Waals surface area contributed by atoms with Crippen molar-refractivity contribution in [1.29, 1.82) is 0 Å². The Labute approximate surface area is 280 Å². The molecule has 0 bridgehead atoms. The fourth-order valence-electron chi connectivity index (χ4n) is 6.89. The lowest BCUT2D eigenvalue weighted by molar-refractivity contribution is -0.137. The number of hydrogen-bond donors (Lipinski definition) is 2. The summed E-state index contributed by atoms with van der Waals surface area (Å²) < 4.78 is 63.9. The zero-order valence-electron chi connectivity index (χ0n) is 25.6. The van der Waals surface area contributed by atoms with E-state index in [0.29, 0.717) is 31.4 Å². The van der Waals surface area contributed by atoms with E-state index in [-0.39, 0.29) is 71.7 Å². The highest BCUT2D eigenvalue weighted by molar-refractivity contribution is 6.33. The Morgan fingerprint density at radius 2 is 2.00 bits per heavy atom. The minimum atomic E-state index is -4.63. The molecule has 7 rings (SSSR count). The summed E-state index contributed by atoms with van der Waals surface area (Å²) in [5.41, 5.74) is -1.94. The van der Waals surface area contributed by atoms with Crippen LogP contribution in [0, 0.1) is 0 Å². The molecule has 3 aromatic heterocycles. The molecule has 49 heavy (non-hydrogen) atoms. The van der Waals surface area contributed by atoms with Crippen LogP contribution in [0.25, 0.3) is 11.4 Å². The average molecular weight is 702 g/mol. The first-order valence-corrected chi connectivity index (χ1v) is 15.8. The van der Waals surface area contributed by atoms with Gasteiger partial charge in [-0.15, -0.1) is 5.10 Å². The van der Waals surface area contributed by atoms with E-state index >= 15 is 4.39 Å². The van der Waals surface area contributed by atoms with Gasteiger partial charge in [0.25, 0.3) is 11.5 Å². The molecule has 2 atom stereocenters. The summed E-state index contributed by atoms with van der Waals surface area (Å²) in [6.45, 7) is -0.0142. The molecule has 2 amide bonds. The number of benzene rings is 1. The number of aromatic nitrogens is 5. The van der Waals surface area contributed by atoms with Crippen LogP contribution in [0.5, 0.6) is 5.75 Å². The number of carbonyl (C=O) groups excluding carboxylic acids is 2. The number of rotatable bonds is 5. The third-order valence-electron chi connectivity index (χ3n) is 9.37. The average Bonchev–Trinajstić information content (AvgIpc) is 3.69. The summed E-state index contributed by atoms with van der Waals surface area (Å²) in [6, 6.07) is 5.31. The van der Waals surface area contributed by atoms with E-state index in [1.165, 1.54) is 27.8 Å². The van der Waals surface area contributed by atoms with Gasteiger partial charge in [-0.25, -0.2) is 9.37 Å². The van der Waals surface area contributed by atoms with E-state index in [9.17, 15) is 32.7 Å². The maximum Gasteiger partial charge on any atom is 0.416 e. The van der Waals surface area contributed by atoms with Crippen molar-refractivity contribution >= 4 is 40.5 Å². The monoisotopic (exact) mass is 701 g/mol. The number of carbonyl (C=O) groups is 2. The second-order valence-electron chi connectivity index (χ2n) is 12.2. The molecule has 256 valence electrons. The van der Waals surface area contributed by atoms with Crippen LogP contribution in [-0.2, 0) is 34.1 Å². The molecule has 2 aliphatic heterocycles. The predicted octanol–water partition coefficient (Wildman–Crippen LogP) is 4.17. The summed E-state index contributed by atoms with van der Waals surface area (Å²) in [5.74, 6) is -1.39. The number of amides is 2. The molecule has 1 saturated heterocycles. The Hall–Kier alpha value is -4.83. The van der Waals surface area contributed by atoms with Crippen molar-refractivity contribution in [3.63, 3.8) is 0 Å². The number of halogens is 5. The van der Waals surface area contributed by atoms with Gasteiger partial charge in [0.15, 0.2) is 11.5 Å². The van der Waals surface area contributed by atoms with Crippen molar-refractivity contribution in [1.82, 2.24) is 29.0 Å². The van der Waals surface area contributed by atoms with E-state index in [1.54, 1.807) is 6.08 Å². The summed E-state index contributed by atoms with van der Waals surface area (Å²) >= 11 is 6.08. The van der Waals surface area contributed by atoms with Gasteiger partial charge in [-0.3, -0.25) is 14.4 Å². The molecular weight excluding hydrogens is 674 g/mol. The number of nitrogens with one attached hydrogen (secondary N) is 1. The fraction of sp³-hybridized carbons (Fsp3) is 0.375. The van der Waals surface area contributed by atoms with Gasteiger partial charge in [0.2, 0.25) is 11.7 Å². The standard InChI is InChI=1S/C32H28ClF4N7O5/c33-19-14-18(32(35,36)37)3-4-20(19)39-24(46)16-43-21-5-8-31(9-11-42(15-23(31)34)29(48)26-22(45)2-1-10-38-26)25(21)28(47)44-30(43)40-27(41-44)17-6-12-49-13-7-17/h1-4,6,10,14,23,45H,5,7-9,11-13,15-16H2,(H,39,46). The van der Waals surface area contributed by atoms with Gasteiger partial charge in [-0.1, -0.05) is 17.7 Å². The minimum Gasteiger partial charge on any atom is -0.505 e. The first kappa shape index (κ1) is 32.7. The van der Waals surface area contributed by atoms with Crippen molar-refractivity contribution in [3.05, 3.63) is 86.3 Å². The van der Waals surface area contributed by atoms with Crippen LogP contribution in [0.3, 0.4) is 0 Å². The first-order chi connectivity index (χ1) is 23.4. The fourth-order valence-corrected chi connectivity index (χ4v) is 7.12. The second kappa shape index (κ2) is 12.2. The lowest BCUT2D eigenvalue weighted by Gasteiger charge is -2.42. The number of piperidine rings is 1. The van der Waals surface area contributed by atoms with Gasteiger partial charge < -0.3 is 24.6 Å². The number of aromatic hydroxyl groups is 1. The van der Waals surface area contributed by atoms with E-state index in [1.807, 2.05) is 0 Å². The highest BCUT2D eigenvalue weighted by Gasteiger charge is 2.53. The molecule has 17 heteroatoms. The summed E-state index contributed by atoms with van der Waals surface area (Å²) in [5, 5.41) is 16.8. The van der Waals surface area contributed by atoms with Crippen molar-refractivity contribution in [3.8, 4) is 5.75 Å². The Bertz CT molecular complexity index is 2100. The predicted molar refractivity (Wildman–Crippen MR) is 167 cm³/mol. The normalized spacial score (nSPS) is 20.8. The molecule has 2 N–H and O–H groups in total. The summed E-state index contributed by atoms with van der Waals surface area (Å²) in [4.78, 5) is 50.6. The molecule has 1 spiro atoms. The van der Waals surface area contributed by atoms with Gasteiger partial charge >= 0.3 is 6.18 Å². The highest BCUT2D eigenvalue weighted by Crippen LogP contribution is 2.47. The quantitative estimate of drug-likeness (QED) is 0.295. The summed E-state index contributed by atoms with van der Waals surface area (Å²) in [6.07, 6.45) is -2.26. The lowest BCUT2D eigenvalue weighted by atomic mass is 9.73. The Morgan fingerprint density at radius 1 is 1.18 bits per heavy atom. The molecule has 0 radical (unpaired) electrons. The van der Waals surface area contributed by atoms with Gasteiger partial charge in [0.1, 0.15) is 18.5 Å². The molecule has 3 aliphatic rings. The molecule has 4 aromatic rings. The maximum absolute atomic E-state index is 16.5. The van der Waals surface area contributed by atoms with Crippen molar-refractivity contribution < 1.29 is 37.0 Å². The number of nitrogens with zero attached hydrogens (tertiary/aromatic N) is 6. The van der Waals surface area contributed by atoms with Crippen LogP contribution >= 0.6 is 11.6 Å². The lowest BCUT2D eigenvalue weighted by Crippen LogP contribution is -2.54. The Kier molecular flexibility index (Phi) is 8.17. The number of ether oxygens (including phenoxy) is 1. The number of hydrogen-bond acceptors (Lipinski definition) is 8. The van der Waals surface area contributed by atoms with Crippen LogP contribution in [0.2, 0.25) is 5.02 Å². The largest absolute Gasteiger partial charge is 0.505 e. The zero-order chi connectivity index (χ0) is 34.7. The molecule has 1 aliphatic carbocycles. The first-order valence-electron chi connectivity index (χ1n) is 15.4. The third kappa shape index (κ3) is 5.71. The number of fused-ring (bicyclic) bond motifs is 3. The van der Waals surface area contributed by atoms with E-state index in [4.69, 9.17) is 16.3 Å². The van der Waals surface area contributed by atoms with E-state index in [0.717, 1.165) is 22.2 Å². The van der Waals surface area contributed by atoms with Crippen LogP contribution in [0.15, 0.2) is 47.4 Å². The summed E-state index contributed by atoms with van der Waals surface area (Å²) in [7, 11) is 0. The Morgan fingerprint density at radius 3 is 2.69 bits per heavy atom. The van der Waals surface area contributed by atoms with Gasteiger partial charge in [0, 0.05) is 29.4 Å². The van der Waals surface area contributed by atoms with Crippen molar-refractivity contribution in [2.45, 2.75) is 50.0 Å². The smallest absolute Gasteiger partial charge is 0.416 e. The topological polar surface area (TPSA) is 144 Å². The molecular formula is C32H28ClF4N7O5. The van der Waals surface area contributed by atoms with Crippen LogP contribution < -0.4 is 10.9 Å². The Balaban J connectivity index is 1.26. The maximum atomic E-state index is 16.5. The third-order valence-corrected chi connectivity index (χ3v) is 9.68. The SMILES string of the molecule is O=C(Cn1c2c(c(=O)n3nc(C4=CCOCC4)nc13)C1(CC2)CCN(C(=O)c2ncccc2O)CC1F)Nc1ccc(C(F)(F)F)cc1Cl. The van der Waals surface area contributed by atoms with Gasteiger partial charge in [-0.2, -0.15) is 22.7 Å². The second-order valence-corrected chi connectivity index (χ2v) is 12.6. The molecule has 12 nitrogen and oxygen atoms in total. The highest BCUT2D eigenvalue weighted by atomic mass is 35.5. The minimum absolute atomic E-state index is 0.0329. The van der Waals surface area contributed by atoms with Crippen molar-refractivity contribution in [2.24, 2.45) is 0 Å². The van der Waals surface area contributed by atoms with E-state index in [2.05, 4.69) is 20.4 Å². The number of alkyl halides is 4. The van der Waals surface area contributed by atoms with Crippen LogP contribution in [0.1, 0.15) is 52.4 Å². The number of likely N-dealkylation sites (tertiary alicyclic amines) is 1. The van der Waals surface area contributed by atoms with Gasteiger partial charge in [-0.05, 0) is 61.6 Å². The molecule has 1 fully saturated rings. The molecule has 0 saturated carbocycles. The zero-order valence-corrected chi connectivity index (χ0v) is 26.4. The molecule has 5 heterocycles. The van der Waals surface area contributed by atoms with Crippen LogP contribution in [0.4, 0.5) is 23.2 Å². The molecule has 1 aromatic carbocycles. The van der Waals surface area contributed by atoms with Gasteiger partial charge in [0.05, 0.1) is 36.0 Å². The van der Waals surface area contributed by atoms with Crippen molar-refractivity contribution in [2.75, 3.05) is 31.6 Å². The molecule has 2 unspecified atom stereocenters. The van der Waals surface area contributed by atoms with Crippen LogP contribution in [-0.4, -0.2) is 78.4 Å². The number of anilines is 1. The number of pyridine rings is 1.